The summed E-state index contributed by atoms with van der Waals surface area (Å²) in [6, 6.07) is 9.59. The smallest absolute Gasteiger partial charge is 0.387 e. The molecule has 0 heterocycles. The van der Waals surface area contributed by atoms with Crippen molar-refractivity contribution in [1.82, 2.24) is 0 Å². The minimum atomic E-state index is -3.61. The zero-order valence-electron chi connectivity index (χ0n) is 13.3. The van der Waals surface area contributed by atoms with Gasteiger partial charge in [-0.2, -0.15) is 8.78 Å². The van der Waals surface area contributed by atoms with Crippen LogP contribution in [-0.2, 0) is 9.84 Å². The number of hydrogen-bond donors (Lipinski definition) is 1. The van der Waals surface area contributed by atoms with Crippen molar-refractivity contribution in [2.45, 2.75) is 11.5 Å². The third-order valence-electron chi connectivity index (χ3n) is 3.17. The Morgan fingerprint density at radius 1 is 1.12 bits per heavy atom. The van der Waals surface area contributed by atoms with Crippen molar-refractivity contribution in [3.05, 3.63) is 48.0 Å². The number of sulfone groups is 1. The number of nitrogens with one attached hydrogen (secondary N) is 1. The molecule has 134 valence electrons. The van der Waals surface area contributed by atoms with Gasteiger partial charge in [0.25, 0.3) is 5.91 Å². The predicted molar refractivity (Wildman–Crippen MR) is 87.1 cm³/mol. The number of benzene rings is 2. The number of carbonyl (C=O) groups excluding carboxylic acids is 1. The first-order valence-corrected chi connectivity index (χ1v) is 8.85. The van der Waals surface area contributed by atoms with Gasteiger partial charge in [-0.1, -0.05) is 12.1 Å². The van der Waals surface area contributed by atoms with Crippen molar-refractivity contribution in [1.29, 1.82) is 0 Å². The number of anilines is 1. The molecule has 0 aliphatic heterocycles. The summed E-state index contributed by atoms with van der Waals surface area (Å²) in [6.45, 7) is -3.06. The van der Waals surface area contributed by atoms with Crippen LogP contribution >= 0.6 is 0 Å². The number of halogens is 2. The molecular formula is C16H15F2NO5S. The summed E-state index contributed by atoms with van der Waals surface area (Å²) in [6.07, 6.45) is 0.987. The fourth-order valence-electron chi connectivity index (χ4n) is 2.12. The normalized spacial score (nSPS) is 11.2. The van der Waals surface area contributed by atoms with Crippen LogP contribution in [0.5, 0.6) is 11.5 Å². The van der Waals surface area contributed by atoms with Gasteiger partial charge in [0.15, 0.2) is 21.3 Å². The van der Waals surface area contributed by atoms with E-state index in [2.05, 4.69) is 10.1 Å². The molecule has 0 aliphatic carbocycles. The molecule has 0 spiro atoms. The molecule has 2 rings (SSSR count). The van der Waals surface area contributed by atoms with Crippen LogP contribution < -0.4 is 14.8 Å². The van der Waals surface area contributed by atoms with E-state index in [1.165, 1.54) is 43.5 Å². The van der Waals surface area contributed by atoms with E-state index < -0.39 is 22.4 Å². The molecule has 0 radical (unpaired) electrons. The van der Waals surface area contributed by atoms with Crippen molar-refractivity contribution in [3.63, 3.8) is 0 Å². The molecule has 9 heteroatoms. The molecule has 0 fully saturated rings. The van der Waals surface area contributed by atoms with Crippen molar-refractivity contribution < 1.29 is 31.5 Å². The van der Waals surface area contributed by atoms with Crippen molar-refractivity contribution in [2.24, 2.45) is 0 Å². The quantitative estimate of drug-likeness (QED) is 0.844. The van der Waals surface area contributed by atoms with Gasteiger partial charge in [-0.3, -0.25) is 4.79 Å². The lowest BCUT2D eigenvalue weighted by atomic mass is 10.2. The van der Waals surface area contributed by atoms with Gasteiger partial charge < -0.3 is 14.8 Å². The molecule has 1 N–H and O–H groups in total. The molecule has 0 saturated carbocycles. The fraction of sp³-hybridized carbons (Fsp3) is 0.188. The van der Waals surface area contributed by atoms with Crippen LogP contribution in [0.4, 0.5) is 14.5 Å². The maximum Gasteiger partial charge on any atom is 0.387 e. The van der Waals surface area contributed by atoms with E-state index in [0.29, 0.717) is 0 Å². The van der Waals surface area contributed by atoms with Crippen LogP contribution in [0, 0.1) is 0 Å². The monoisotopic (exact) mass is 371 g/mol. The molecule has 2 aromatic rings. The zero-order valence-corrected chi connectivity index (χ0v) is 14.1. The second-order valence-electron chi connectivity index (χ2n) is 4.97. The number of carbonyl (C=O) groups is 1. The first-order chi connectivity index (χ1) is 11.7. The van der Waals surface area contributed by atoms with Gasteiger partial charge in [0, 0.05) is 18.0 Å². The highest BCUT2D eigenvalue weighted by Crippen LogP contribution is 2.31. The maximum absolute atomic E-state index is 12.4. The highest BCUT2D eigenvalue weighted by Gasteiger charge is 2.19. The summed E-state index contributed by atoms with van der Waals surface area (Å²) in [4.78, 5) is 12.2. The van der Waals surface area contributed by atoms with E-state index in [0.717, 1.165) is 12.3 Å². The Kier molecular flexibility index (Phi) is 5.58. The molecule has 6 nitrogen and oxygen atoms in total. The summed E-state index contributed by atoms with van der Waals surface area (Å²) in [5, 5.41) is 2.45. The van der Waals surface area contributed by atoms with Gasteiger partial charge in [-0.25, -0.2) is 8.42 Å². The topological polar surface area (TPSA) is 81.7 Å². The number of hydrogen-bond acceptors (Lipinski definition) is 5. The number of alkyl halides is 2. The summed E-state index contributed by atoms with van der Waals surface area (Å²) in [5.41, 5.74) is 0.0851. The minimum absolute atomic E-state index is 0.0582. The summed E-state index contributed by atoms with van der Waals surface area (Å²) in [7, 11) is -2.32. The minimum Gasteiger partial charge on any atom is -0.493 e. The number of methoxy groups -OCH3 is 1. The number of amides is 1. The second-order valence-corrected chi connectivity index (χ2v) is 6.95. The second kappa shape index (κ2) is 7.47. The van der Waals surface area contributed by atoms with Crippen LogP contribution in [0.3, 0.4) is 0 Å². The van der Waals surface area contributed by atoms with Gasteiger partial charge in [0.1, 0.15) is 0 Å². The van der Waals surface area contributed by atoms with Crippen molar-refractivity contribution in [3.8, 4) is 11.5 Å². The molecule has 0 atom stereocenters. The van der Waals surface area contributed by atoms with Crippen molar-refractivity contribution >= 4 is 21.4 Å². The lowest BCUT2D eigenvalue weighted by Gasteiger charge is -2.13. The highest BCUT2D eigenvalue weighted by atomic mass is 32.2. The Bertz CT molecular complexity index is 884. The lowest BCUT2D eigenvalue weighted by molar-refractivity contribution is -0.0511. The van der Waals surface area contributed by atoms with Crippen LogP contribution in [0.1, 0.15) is 10.4 Å². The Labute approximate surface area is 143 Å². The first kappa shape index (κ1) is 18.7. The van der Waals surface area contributed by atoms with Gasteiger partial charge in [-0.15, -0.1) is 0 Å². The Balaban J connectivity index is 2.33. The third-order valence-corrected chi connectivity index (χ3v) is 4.32. The average molecular weight is 371 g/mol. The van der Waals surface area contributed by atoms with Gasteiger partial charge in [-0.05, 0) is 24.3 Å². The van der Waals surface area contributed by atoms with Gasteiger partial charge >= 0.3 is 6.61 Å². The van der Waals surface area contributed by atoms with Crippen LogP contribution in [0.15, 0.2) is 47.4 Å². The first-order valence-electron chi connectivity index (χ1n) is 6.95. The molecule has 0 aliphatic rings. The van der Waals surface area contributed by atoms with Gasteiger partial charge in [0.2, 0.25) is 0 Å². The van der Waals surface area contributed by atoms with Gasteiger partial charge in [0.05, 0.1) is 17.6 Å². The Morgan fingerprint density at radius 2 is 1.80 bits per heavy atom. The lowest BCUT2D eigenvalue weighted by Crippen LogP contribution is -2.16. The number of ether oxygens (including phenoxy) is 2. The highest BCUT2D eigenvalue weighted by molar-refractivity contribution is 7.90. The standard InChI is InChI=1S/C16H15F2NO5S/c1-23-12-8-7-10(9-13(12)24-16(17)18)19-15(20)11-5-3-4-6-14(11)25(2,21)22/h3-9,16H,1-2H3,(H,19,20). The maximum atomic E-state index is 12.4. The third kappa shape index (κ3) is 4.66. The van der Waals surface area contributed by atoms with E-state index in [9.17, 15) is 22.0 Å². The molecule has 1 amide bonds. The molecule has 0 aromatic heterocycles. The Hall–Kier alpha value is -2.68. The van der Waals surface area contributed by atoms with E-state index >= 15 is 0 Å². The van der Waals surface area contributed by atoms with Crippen molar-refractivity contribution in [2.75, 3.05) is 18.7 Å². The molecule has 2 aromatic carbocycles. The predicted octanol–water partition coefficient (Wildman–Crippen LogP) is 2.95. The SMILES string of the molecule is COc1ccc(NC(=O)c2ccccc2S(C)(=O)=O)cc1OC(F)F. The molecule has 0 bridgehead atoms. The molecule has 25 heavy (non-hydrogen) atoms. The zero-order chi connectivity index (χ0) is 18.6. The largest absolute Gasteiger partial charge is 0.493 e. The van der Waals surface area contributed by atoms with E-state index in [4.69, 9.17) is 4.74 Å². The van der Waals surface area contributed by atoms with Crippen LogP contribution in [-0.4, -0.2) is 34.3 Å². The Morgan fingerprint density at radius 3 is 2.40 bits per heavy atom. The van der Waals surface area contributed by atoms with E-state index in [1.807, 2.05) is 0 Å². The summed E-state index contributed by atoms with van der Waals surface area (Å²) in [5.74, 6) is -0.893. The fourth-order valence-corrected chi connectivity index (χ4v) is 3.00. The number of rotatable bonds is 6. The van der Waals surface area contributed by atoms with E-state index in [1.54, 1.807) is 0 Å². The van der Waals surface area contributed by atoms with Crippen LogP contribution in [0.2, 0.25) is 0 Å². The van der Waals surface area contributed by atoms with Crippen LogP contribution in [0.25, 0.3) is 0 Å². The summed E-state index contributed by atoms with van der Waals surface area (Å²) < 4.78 is 57.7. The molecule has 0 saturated heterocycles. The molecule has 0 unspecified atom stereocenters. The summed E-state index contributed by atoms with van der Waals surface area (Å²) >= 11 is 0. The average Bonchev–Trinajstić information content (AvgIpc) is 2.54. The van der Waals surface area contributed by atoms with E-state index in [-0.39, 0.29) is 27.6 Å². The molecular weight excluding hydrogens is 356 g/mol.